The lowest BCUT2D eigenvalue weighted by molar-refractivity contribution is -0.118. The molecule has 0 radical (unpaired) electrons. The number of hydrogen-bond donors (Lipinski definition) is 2. The van der Waals surface area contributed by atoms with Crippen molar-refractivity contribution in [1.29, 1.82) is 0 Å². The highest BCUT2D eigenvalue weighted by molar-refractivity contribution is 7.99. The van der Waals surface area contributed by atoms with Gasteiger partial charge in [0.15, 0.2) is 16.7 Å². The van der Waals surface area contributed by atoms with Crippen LogP contribution in [-0.2, 0) is 11.4 Å². The van der Waals surface area contributed by atoms with Gasteiger partial charge < -0.3 is 14.6 Å². The number of thioether (sulfide) groups is 1. The van der Waals surface area contributed by atoms with Crippen molar-refractivity contribution >= 4 is 29.9 Å². The zero-order valence-electron chi connectivity index (χ0n) is 19.6. The molecule has 0 aliphatic carbocycles. The number of nitrogens with zero attached hydrogens (tertiary/aromatic N) is 3. The predicted molar refractivity (Wildman–Crippen MR) is 133 cm³/mol. The minimum atomic E-state index is -0.973. The number of ether oxygens (including phenoxy) is 2. The zero-order chi connectivity index (χ0) is 25.2. The van der Waals surface area contributed by atoms with E-state index in [0.717, 1.165) is 22.5 Å². The van der Waals surface area contributed by atoms with Gasteiger partial charge in [-0.2, -0.15) is 5.10 Å². The summed E-state index contributed by atoms with van der Waals surface area (Å²) in [7, 11) is 0. The number of carbonyl (C=O) groups excluding carboxylic acids is 1. The maximum absolute atomic E-state index is 12.1. The zero-order valence-corrected chi connectivity index (χ0v) is 20.5. The van der Waals surface area contributed by atoms with Crippen molar-refractivity contribution in [3.8, 4) is 11.5 Å². The van der Waals surface area contributed by atoms with Gasteiger partial charge in [-0.25, -0.2) is 20.2 Å². The average Bonchev–Trinajstić information content (AvgIpc) is 2.82. The number of carboxylic acid groups (broad SMARTS) is 1. The van der Waals surface area contributed by atoms with E-state index in [4.69, 9.17) is 14.6 Å². The second-order valence-electron chi connectivity index (χ2n) is 7.45. The molecular formula is C25H26N4O5S. The second-order valence-corrected chi connectivity index (χ2v) is 8.39. The first-order valence-electron chi connectivity index (χ1n) is 10.8. The Kier molecular flexibility index (Phi) is 9.19. The van der Waals surface area contributed by atoms with Crippen LogP contribution in [0.5, 0.6) is 11.5 Å². The van der Waals surface area contributed by atoms with Crippen molar-refractivity contribution in [3.05, 3.63) is 76.6 Å². The van der Waals surface area contributed by atoms with E-state index in [1.54, 1.807) is 30.3 Å². The Morgan fingerprint density at radius 1 is 1.03 bits per heavy atom. The third-order valence-electron chi connectivity index (χ3n) is 4.56. The van der Waals surface area contributed by atoms with Crippen LogP contribution in [-0.4, -0.2) is 45.5 Å². The normalized spacial score (nSPS) is 10.8. The van der Waals surface area contributed by atoms with Crippen LogP contribution in [0.4, 0.5) is 0 Å². The molecule has 0 fully saturated rings. The summed E-state index contributed by atoms with van der Waals surface area (Å²) in [5.41, 5.74) is 5.97. The van der Waals surface area contributed by atoms with Crippen molar-refractivity contribution in [2.75, 3.05) is 12.4 Å². The first-order chi connectivity index (χ1) is 16.8. The van der Waals surface area contributed by atoms with Gasteiger partial charge in [0.2, 0.25) is 0 Å². The lowest BCUT2D eigenvalue weighted by Crippen LogP contribution is -2.19. The van der Waals surface area contributed by atoms with E-state index in [0.29, 0.717) is 23.3 Å². The molecule has 182 valence electrons. The Bertz CT molecular complexity index is 1190. The molecule has 0 saturated heterocycles. The number of aromatic nitrogens is 2. The highest BCUT2D eigenvalue weighted by atomic mass is 32.2. The fourth-order valence-corrected chi connectivity index (χ4v) is 3.74. The molecule has 3 aromatic rings. The maximum atomic E-state index is 12.1. The standard InChI is InChI=1S/C25H26N4O5S/c1-4-33-22-12-19(7-10-21(22)34-14-18-5-8-20(9-6-18)24(31)32)13-26-29-23(30)15-35-25-27-16(2)11-17(3)28-25/h5-13H,4,14-15H2,1-3H3,(H,29,30)(H,31,32). The molecule has 2 N–H and O–H groups in total. The summed E-state index contributed by atoms with van der Waals surface area (Å²) < 4.78 is 11.5. The first kappa shape index (κ1) is 25.7. The highest BCUT2D eigenvalue weighted by Crippen LogP contribution is 2.29. The van der Waals surface area contributed by atoms with Crippen molar-refractivity contribution in [2.24, 2.45) is 5.10 Å². The summed E-state index contributed by atoms with van der Waals surface area (Å²) >= 11 is 1.25. The summed E-state index contributed by atoms with van der Waals surface area (Å²) in [5.74, 6) is -0.0239. The van der Waals surface area contributed by atoms with E-state index in [9.17, 15) is 9.59 Å². The number of benzene rings is 2. The number of nitrogens with one attached hydrogen (secondary N) is 1. The molecule has 10 heteroatoms. The van der Waals surface area contributed by atoms with Crippen LogP contribution in [0.15, 0.2) is 58.8 Å². The van der Waals surface area contributed by atoms with Gasteiger partial charge in [0.25, 0.3) is 5.91 Å². The molecule has 2 aromatic carbocycles. The number of amides is 1. The summed E-state index contributed by atoms with van der Waals surface area (Å²) in [4.78, 5) is 31.7. The molecule has 0 unspecified atom stereocenters. The molecule has 0 aliphatic heterocycles. The Hall–Kier alpha value is -3.92. The van der Waals surface area contributed by atoms with Gasteiger partial charge in [0, 0.05) is 11.4 Å². The van der Waals surface area contributed by atoms with Crippen LogP contribution in [0.3, 0.4) is 0 Å². The largest absolute Gasteiger partial charge is 0.490 e. The Balaban J connectivity index is 1.55. The van der Waals surface area contributed by atoms with Crippen LogP contribution < -0.4 is 14.9 Å². The first-order valence-corrected chi connectivity index (χ1v) is 11.8. The Morgan fingerprint density at radius 3 is 2.40 bits per heavy atom. The van der Waals surface area contributed by atoms with Crippen LogP contribution in [0.25, 0.3) is 0 Å². The van der Waals surface area contributed by atoms with Crippen molar-refractivity contribution < 1.29 is 24.2 Å². The summed E-state index contributed by atoms with van der Waals surface area (Å²) in [6.07, 6.45) is 1.52. The van der Waals surface area contributed by atoms with Gasteiger partial charge in [-0.3, -0.25) is 4.79 Å². The van der Waals surface area contributed by atoms with E-state index in [1.165, 1.54) is 30.1 Å². The van der Waals surface area contributed by atoms with Crippen molar-refractivity contribution in [3.63, 3.8) is 0 Å². The SMILES string of the molecule is CCOc1cc(C=NNC(=O)CSc2nc(C)cc(C)n2)ccc1OCc1ccc(C(=O)O)cc1. The number of carbonyl (C=O) groups is 2. The molecule has 1 amide bonds. The quantitative estimate of drug-likeness (QED) is 0.177. The van der Waals surface area contributed by atoms with Gasteiger partial charge in [-0.1, -0.05) is 23.9 Å². The minimum Gasteiger partial charge on any atom is -0.490 e. The third-order valence-corrected chi connectivity index (χ3v) is 5.41. The van der Waals surface area contributed by atoms with E-state index < -0.39 is 5.97 Å². The van der Waals surface area contributed by atoms with E-state index in [1.807, 2.05) is 26.8 Å². The van der Waals surface area contributed by atoms with Crippen LogP contribution in [0.2, 0.25) is 0 Å². The summed E-state index contributed by atoms with van der Waals surface area (Å²) in [6, 6.07) is 13.7. The molecule has 9 nitrogen and oxygen atoms in total. The number of hydrazone groups is 1. The molecule has 1 heterocycles. The minimum absolute atomic E-state index is 0.144. The van der Waals surface area contributed by atoms with E-state index in [2.05, 4.69) is 20.5 Å². The monoisotopic (exact) mass is 494 g/mol. The van der Waals surface area contributed by atoms with Gasteiger partial charge in [-0.05, 0) is 68.3 Å². The fraction of sp³-hybridized carbons (Fsp3) is 0.240. The van der Waals surface area contributed by atoms with E-state index in [-0.39, 0.29) is 23.8 Å². The molecule has 0 bridgehead atoms. The smallest absolute Gasteiger partial charge is 0.335 e. The molecule has 0 spiro atoms. The van der Waals surface area contributed by atoms with Gasteiger partial charge in [0.05, 0.1) is 24.1 Å². The predicted octanol–water partition coefficient (Wildman–Crippen LogP) is 4.01. The maximum Gasteiger partial charge on any atom is 0.335 e. The van der Waals surface area contributed by atoms with Crippen molar-refractivity contribution in [1.82, 2.24) is 15.4 Å². The number of aromatic carboxylic acids is 1. The number of aryl methyl sites for hydroxylation is 2. The van der Waals surface area contributed by atoms with Gasteiger partial charge in [-0.15, -0.1) is 0 Å². The topological polar surface area (TPSA) is 123 Å². The number of hydrogen-bond acceptors (Lipinski definition) is 8. The van der Waals surface area contributed by atoms with Crippen LogP contribution >= 0.6 is 11.8 Å². The molecule has 0 atom stereocenters. The van der Waals surface area contributed by atoms with Crippen molar-refractivity contribution in [2.45, 2.75) is 32.5 Å². The average molecular weight is 495 g/mol. The molecule has 3 rings (SSSR count). The van der Waals surface area contributed by atoms with Crippen LogP contribution in [0, 0.1) is 13.8 Å². The molecule has 0 saturated carbocycles. The van der Waals surface area contributed by atoms with Crippen LogP contribution in [0.1, 0.15) is 39.8 Å². The number of carboxylic acids is 1. The Morgan fingerprint density at radius 2 is 1.74 bits per heavy atom. The van der Waals surface area contributed by atoms with Gasteiger partial charge in [0.1, 0.15) is 6.61 Å². The molecular weight excluding hydrogens is 468 g/mol. The molecule has 0 aliphatic rings. The molecule has 35 heavy (non-hydrogen) atoms. The fourth-order valence-electron chi connectivity index (χ4n) is 3.00. The second kappa shape index (κ2) is 12.5. The number of rotatable bonds is 11. The van der Waals surface area contributed by atoms with Gasteiger partial charge >= 0.3 is 5.97 Å². The van der Waals surface area contributed by atoms with E-state index >= 15 is 0 Å². The molecule has 1 aromatic heterocycles. The highest BCUT2D eigenvalue weighted by Gasteiger charge is 2.09. The third kappa shape index (κ3) is 8.11. The summed E-state index contributed by atoms with van der Waals surface area (Å²) in [5, 5.41) is 13.6. The lowest BCUT2D eigenvalue weighted by atomic mass is 10.1. The lowest BCUT2D eigenvalue weighted by Gasteiger charge is -2.12. The summed E-state index contributed by atoms with van der Waals surface area (Å²) in [6.45, 7) is 6.33. The Labute approximate surface area is 207 Å².